The van der Waals surface area contributed by atoms with Crippen molar-refractivity contribution in [2.24, 2.45) is 10.9 Å². The van der Waals surface area contributed by atoms with Gasteiger partial charge in [0, 0.05) is 23.8 Å². The summed E-state index contributed by atoms with van der Waals surface area (Å²) in [6.45, 7) is 4.89. The van der Waals surface area contributed by atoms with Gasteiger partial charge in [-0.3, -0.25) is 14.9 Å². The van der Waals surface area contributed by atoms with Crippen molar-refractivity contribution in [3.8, 4) is 6.07 Å². The lowest BCUT2D eigenvalue weighted by Crippen LogP contribution is -2.37. The lowest BCUT2D eigenvalue weighted by Gasteiger charge is -2.31. The van der Waals surface area contributed by atoms with Crippen LogP contribution in [0.5, 0.6) is 0 Å². The number of esters is 2. The van der Waals surface area contributed by atoms with E-state index >= 15 is 0 Å². The van der Waals surface area contributed by atoms with Gasteiger partial charge in [0.25, 0.3) is 5.69 Å². The normalized spacial score (nSPS) is 18.9. The van der Waals surface area contributed by atoms with Gasteiger partial charge in [0.2, 0.25) is 0 Å². The predicted molar refractivity (Wildman–Crippen MR) is 98.3 cm³/mol. The molecule has 0 amide bonds. The number of nitrogens with zero attached hydrogens (tertiary/aromatic N) is 3. The lowest BCUT2D eigenvalue weighted by atomic mass is 9.75. The van der Waals surface area contributed by atoms with Crippen LogP contribution in [0, 0.1) is 27.4 Å². The monoisotopic (exact) mass is 385 g/mol. The number of carbonyl (C=O) groups excluding carboxylic acids is 2. The third-order valence-electron chi connectivity index (χ3n) is 4.19. The molecule has 0 spiro atoms. The molecule has 1 aromatic rings. The molecule has 2 unspecified atom stereocenters. The van der Waals surface area contributed by atoms with Gasteiger partial charge in [-0.1, -0.05) is 12.1 Å². The number of rotatable bonds is 5. The number of benzene rings is 1. The fourth-order valence-corrected chi connectivity index (χ4v) is 3.08. The Balaban J connectivity index is 2.74. The maximum Gasteiger partial charge on any atom is 0.337 e. The second kappa shape index (κ2) is 8.43. The maximum atomic E-state index is 12.8. The van der Waals surface area contributed by atoms with Crippen LogP contribution in [0.4, 0.5) is 5.69 Å². The van der Waals surface area contributed by atoms with Crippen molar-refractivity contribution in [1.29, 1.82) is 5.26 Å². The summed E-state index contributed by atoms with van der Waals surface area (Å²) >= 11 is 0. The first-order valence-electron chi connectivity index (χ1n) is 8.43. The van der Waals surface area contributed by atoms with Crippen LogP contribution in [0.25, 0.3) is 0 Å². The molecule has 1 aromatic carbocycles. The van der Waals surface area contributed by atoms with Gasteiger partial charge >= 0.3 is 11.9 Å². The van der Waals surface area contributed by atoms with Gasteiger partial charge in [0.15, 0.2) is 5.70 Å². The molecule has 0 N–H and O–H groups in total. The van der Waals surface area contributed by atoms with E-state index in [1.165, 1.54) is 18.2 Å². The van der Waals surface area contributed by atoms with Crippen molar-refractivity contribution in [1.82, 2.24) is 0 Å². The quantitative estimate of drug-likeness (QED) is 0.432. The van der Waals surface area contributed by atoms with E-state index < -0.39 is 34.8 Å². The Morgan fingerprint density at radius 2 is 2.04 bits per heavy atom. The second-order valence-electron chi connectivity index (χ2n) is 6.41. The Bertz CT molecular complexity index is 926. The lowest BCUT2D eigenvalue weighted by molar-refractivity contribution is -0.384. The van der Waals surface area contributed by atoms with Gasteiger partial charge in [0.05, 0.1) is 23.7 Å². The van der Waals surface area contributed by atoms with Crippen molar-refractivity contribution in [3.63, 3.8) is 0 Å². The Hall–Kier alpha value is -3.54. The maximum absolute atomic E-state index is 12.8. The van der Waals surface area contributed by atoms with Crippen LogP contribution in [-0.4, -0.2) is 35.8 Å². The van der Waals surface area contributed by atoms with E-state index in [4.69, 9.17) is 9.47 Å². The fraction of sp³-hybridized carbons (Fsp3) is 0.368. The van der Waals surface area contributed by atoms with Crippen LogP contribution in [0.15, 0.2) is 40.5 Å². The zero-order valence-corrected chi connectivity index (χ0v) is 15.8. The molecule has 0 bridgehead atoms. The molecule has 9 nitrogen and oxygen atoms in total. The molecule has 0 aliphatic carbocycles. The molecule has 0 aromatic heterocycles. The molecule has 1 aliphatic rings. The second-order valence-corrected chi connectivity index (χ2v) is 6.41. The van der Waals surface area contributed by atoms with Gasteiger partial charge in [0.1, 0.15) is 12.0 Å². The van der Waals surface area contributed by atoms with Crippen molar-refractivity contribution in [2.45, 2.75) is 32.8 Å². The number of aliphatic imine (C=N–C) groups is 1. The first-order valence-corrected chi connectivity index (χ1v) is 8.43. The Morgan fingerprint density at radius 1 is 1.36 bits per heavy atom. The van der Waals surface area contributed by atoms with Crippen LogP contribution in [0.2, 0.25) is 0 Å². The van der Waals surface area contributed by atoms with Crippen molar-refractivity contribution >= 4 is 23.3 Å². The van der Waals surface area contributed by atoms with Gasteiger partial charge in [-0.15, -0.1) is 0 Å². The first kappa shape index (κ1) is 20.8. The van der Waals surface area contributed by atoms with Crippen LogP contribution >= 0.6 is 0 Å². The summed E-state index contributed by atoms with van der Waals surface area (Å²) in [6.07, 6.45) is -0.422. The third kappa shape index (κ3) is 4.06. The SMILES string of the molecule is COC(=O)C1=C(C#N)N=C(C)C(C(=O)OC(C)C)C1c1cccc([N+](=O)[O-])c1. The molecule has 1 heterocycles. The minimum atomic E-state index is -1.03. The molecule has 146 valence electrons. The number of ether oxygens (including phenoxy) is 2. The summed E-state index contributed by atoms with van der Waals surface area (Å²) < 4.78 is 10.1. The summed E-state index contributed by atoms with van der Waals surface area (Å²) in [5.41, 5.74) is 0.0290. The average Bonchev–Trinajstić information content (AvgIpc) is 2.65. The number of hydrogen-bond acceptors (Lipinski definition) is 8. The molecule has 0 radical (unpaired) electrons. The molecular formula is C19H19N3O6. The highest BCUT2D eigenvalue weighted by Gasteiger charge is 2.43. The van der Waals surface area contributed by atoms with E-state index in [-0.39, 0.29) is 22.7 Å². The number of nitriles is 1. The predicted octanol–water partition coefficient (Wildman–Crippen LogP) is 2.67. The van der Waals surface area contributed by atoms with E-state index in [1.807, 2.05) is 6.07 Å². The minimum absolute atomic E-state index is 0.137. The van der Waals surface area contributed by atoms with Gasteiger partial charge in [-0.05, 0) is 26.3 Å². The molecule has 0 saturated heterocycles. The molecule has 9 heteroatoms. The molecule has 2 rings (SSSR count). The molecule has 0 fully saturated rings. The van der Waals surface area contributed by atoms with Crippen molar-refractivity contribution < 1.29 is 24.0 Å². The Labute approximate surface area is 161 Å². The first-order chi connectivity index (χ1) is 13.2. The molecule has 28 heavy (non-hydrogen) atoms. The number of non-ortho nitro benzene ring substituents is 1. The molecular weight excluding hydrogens is 366 g/mol. The van der Waals surface area contributed by atoms with E-state index in [0.29, 0.717) is 5.56 Å². The van der Waals surface area contributed by atoms with Crippen molar-refractivity contribution in [2.75, 3.05) is 7.11 Å². The Kier molecular flexibility index (Phi) is 6.26. The zero-order valence-electron chi connectivity index (χ0n) is 15.8. The summed E-state index contributed by atoms with van der Waals surface area (Å²) in [5.74, 6) is -3.53. The smallest absolute Gasteiger partial charge is 0.337 e. The number of methoxy groups -OCH3 is 1. The van der Waals surface area contributed by atoms with Gasteiger partial charge < -0.3 is 9.47 Å². The van der Waals surface area contributed by atoms with Crippen molar-refractivity contribution in [3.05, 3.63) is 51.2 Å². The average molecular weight is 385 g/mol. The number of carbonyl (C=O) groups is 2. The summed E-state index contributed by atoms with van der Waals surface area (Å²) in [7, 11) is 1.14. The Morgan fingerprint density at radius 3 is 2.57 bits per heavy atom. The zero-order chi connectivity index (χ0) is 21.0. The summed E-state index contributed by atoms with van der Waals surface area (Å²) in [4.78, 5) is 39.9. The fourth-order valence-electron chi connectivity index (χ4n) is 3.08. The molecule has 1 aliphatic heterocycles. The number of hydrogen-bond donors (Lipinski definition) is 0. The van der Waals surface area contributed by atoms with Crippen LogP contribution in [0.3, 0.4) is 0 Å². The number of nitro groups is 1. The third-order valence-corrected chi connectivity index (χ3v) is 4.19. The highest BCUT2D eigenvalue weighted by molar-refractivity contribution is 6.07. The van der Waals surface area contributed by atoms with E-state index in [1.54, 1.807) is 26.8 Å². The van der Waals surface area contributed by atoms with E-state index in [0.717, 1.165) is 7.11 Å². The summed E-state index contributed by atoms with van der Waals surface area (Å²) in [6, 6.07) is 7.39. The van der Waals surface area contributed by atoms with Crippen LogP contribution in [-0.2, 0) is 19.1 Å². The summed E-state index contributed by atoms with van der Waals surface area (Å²) in [5, 5.41) is 20.6. The highest BCUT2D eigenvalue weighted by atomic mass is 16.6. The number of allylic oxidation sites excluding steroid dienone is 1. The molecule has 2 atom stereocenters. The standard InChI is InChI=1S/C19H19N3O6/c1-10(2)28-19(24)15-11(3)21-14(9-20)17(18(23)27-4)16(15)12-6-5-7-13(8-12)22(25)26/h5-8,10,15-16H,1-4H3. The minimum Gasteiger partial charge on any atom is -0.466 e. The number of nitro benzene ring substituents is 1. The largest absolute Gasteiger partial charge is 0.466 e. The van der Waals surface area contributed by atoms with Crippen LogP contribution < -0.4 is 0 Å². The highest BCUT2D eigenvalue weighted by Crippen LogP contribution is 2.41. The van der Waals surface area contributed by atoms with Crippen LogP contribution in [0.1, 0.15) is 32.3 Å². The van der Waals surface area contributed by atoms with Gasteiger partial charge in [-0.25, -0.2) is 9.79 Å². The topological polar surface area (TPSA) is 132 Å². The van der Waals surface area contributed by atoms with E-state index in [2.05, 4.69) is 4.99 Å². The van der Waals surface area contributed by atoms with E-state index in [9.17, 15) is 25.0 Å². The molecule has 0 saturated carbocycles. The van der Waals surface area contributed by atoms with Gasteiger partial charge in [-0.2, -0.15) is 5.26 Å².